The highest BCUT2D eigenvalue weighted by atomic mass is 32.1. The molecule has 6 heteroatoms. The smallest absolute Gasteiger partial charge is 0.227 e. The summed E-state index contributed by atoms with van der Waals surface area (Å²) < 4.78 is 11.5. The summed E-state index contributed by atoms with van der Waals surface area (Å²) in [7, 11) is 0. The second kappa shape index (κ2) is 9.90. The highest BCUT2D eigenvalue weighted by Crippen LogP contribution is 2.25. The number of hydrogen-bond donors (Lipinski definition) is 1. The first-order chi connectivity index (χ1) is 13.6. The molecule has 5 nitrogen and oxygen atoms in total. The molecule has 0 unspecified atom stereocenters. The molecule has 0 aliphatic rings. The second-order valence-electron chi connectivity index (χ2n) is 6.63. The number of aromatic nitrogens is 1. The predicted octanol–water partition coefficient (Wildman–Crippen LogP) is 5.25. The molecule has 0 saturated heterocycles. The lowest BCUT2D eigenvalue weighted by Gasteiger charge is -2.12. The molecule has 3 rings (SSSR count). The zero-order valence-electron chi connectivity index (χ0n) is 16.1. The Morgan fingerprint density at radius 3 is 2.61 bits per heavy atom. The van der Waals surface area contributed by atoms with Gasteiger partial charge in [-0.25, -0.2) is 4.98 Å². The topological polar surface area (TPSA) is 60.5 Å². The lowest BCUT2D eigenvalue weighted by atomic mass is 10.0. The molecule has 0 spiro atoms. The summed E-state index contributed by atoms with van der Waals surface area (Å²) in [6, 6.07) is 15.4. The van der Waals surface area contributed by atoms with E-state index in [1.165, 1.54) is 16.9 Å². The predicted molar refractivity (Wildman–Crippen MR) is 112 cm³/mol. The first-order valence-corrected chi connectivity index (χ1v) is 10.2. The van der Waals surface area contributed by atoms with Crippen molar-refractivity contribution in [3.63, 3.8) is 0 Å². The normalized spacial score (nSPS) is 10.7. The minimum atomic E-state index is -0.122. The first-order valence-electron chi connectivity index (χ1n) is 9.23. The average molecular weight is 397 g/mol. The number of nitrogens with zero attached hydrogens (tertiary/aromatic N) is 1. The van der Waals surface area contributed by atoms with Gasteiger partial charge in [-0.15, -0.1) is 11.3 Å². The fourth-order valence-corrected chi connectivity index (χ4v) is 3.12. The SMILES string of the molecule is CC(C)c1ccc(OCCC(=O)Nc2ccccc2OCc2cscn2)cc1. The van der Waals surface area contributed by atoms with Gasteiger partial charge in [0.15, 0.2) is 0 Å². The third kappa shape index (κ3) is 5.82. The van der Waals surface area contributed by atoms with Crippen LogP contribution in [0.1, 0.15) is 37.4 Å². The second-order valence-corrected chi connectivity index (χ2v) is 7.35. The van der Waals surface area contributed by atoms with Crippen molar-refractivity contribution in [2.24, 2.45) is 0 Å². The van der Waals surface area contributed by atoms with Gasteiger partial charge in [0.25, 0.3) is 0 Å². The van der Waals surface area contributed by atoms with Gasteiger partial charge < -0.3 is 14.8 Å². The molecule has 0 atom stereocenters. The van der Waals surface area contributed by atoms with Crippen LogP contribution in [0.3, 0.4) is 0 Å². The Morgan fingerprint density at radius 1 is 1.11 bits per heavy atom. The number of benzene rings is 2. The molecule has 3 aromatic rings. The van der Waals surface area contributed by atoms with Crippen LogP contribution in [0.2, 0.25) is 0 Å². The summed E-state index contributed by atoms with van der Waals surface area (Å²) in [5, 5.41) is 4.83. The minimum absolute atomic E-state index is 0.122. The maximum absolute atomic E-state index is 12.3. The maximum Gasteiger partial charge on any atom is 0.227 e. The lowest BCUT2D eigenvalue weighted by molar-refractivity contribution is -0.116. The van der Waals surface area contributed by atoms with Gasteiger partial charge in [0.2, 0.25) is 5.91 Å². The quantitative estimate of drug-likeness (QED) is 0.536. The Labute approximate surface area is 169 Å². The van der Waals surface area contributed by atoms with Crippen molar-refractivity contribution < 1.29 is 14.3 Å². The molecule has 2 aromatic carbocycles. The number of ether oxygens (including phenoxy) is 2. The molecule has 146 valence electrons. The van der Waals surface area contributed by atoms with Crippen LogP contribution in [-0.2, 0) is 11.4 Å². The molecule has 0 radical (unpaired) electrons. The lowest BCUT2D eigenvalue weighted by Crippen LogP contribution is -2.16. The number of rotatable bonds is 9. The number of carbonyl (C=O) groups is 1. The van der Waals surface area contributed by atoms with Crippen molar-refractivity contribution in [3.8, 4) is 11.5 Å². The van der Waals surface area contributed by atoms with Crippen molar-refractivity contribution in [2.75, 3.05) is 11.9 Å². The van der Waals surface area contributed by atoms with Gasteiger partial charge in [0.05, 0.1) is 29.9 Å². The van der Waals surface area contributed by atoms with Crippen LogP contribution in [0.4, 0.5) is 5.69 Å². The molecule has 1 heterocycles. The summed E-state index contributed by atoms with van der Waals surface area (Å²) in [5.41, 5.74) is 4.54. The first kappa shape index (κ1) is 19.9. The molecule has 0 bridgehead atoms. The van der Waals surface area contributed by atoms with Gasteiger partial charge in [0.1, 0.15) is 18.1 Å². The summed E-state index contributed by atoms with van der Waals surface area (Å²) in [6.45, 7) is 4.98. The molecule has 0 saturated carbocycles. The molecular formula is C22H24N2O3S. The molecule has 0 aliphatic carbocycles. The highest BCUT2D eigenvalue weighted by molar-refractivity contribution is 7.07. The summed E-state index contributed by atoms with van der Waals surface area (Å²) >= 11 is 1.52. The van der Waals surface area contributed by atoms with Gasteiger partial charge in [-0.05, 0) is 35.7 Å². The summed E-state index contributed by atoms with van der Waals surface area (Å²) in [5.74, 6) is 1.75. The van der Waals surface area contributed by atoms with Crippen molar-refractivity contribution >= 4 is 22.9 Å². The van der Waals surface area contributed by atoms with Gasteiger partial charge in [0, 0.05) is 5.38 Å². The summed E-state index contributed by atoms with van der Waals surface area (Å²) in [6.07, 6.45) is 0.256. The Kier molecular flexibility index (Phi) is 7.03. The van der Waals surface area contributed by atoms with E-state index >= 15 is 0 Å². The van der Waals surface area contributed by atoms with Crippen LogP contribution in [0.25, 0.3) is 0 Å². The van der Waals surface area contributed by atoms with Gasteiger partial charge in [-0.2, -0.15) is 0 Å². The van der Waals surface area contributed by atoms with Crippen LogP contribution in [-0.4, -0.2) is 17.5 Å². The third-order valence-corrected chi connectivity index (χ3v) is 4.80. The zero-order valence-corrected chi connectivity index (χ0v) is 16.9. The zero-order chi connectivity index (χ0) is 19.8. The number of carbonyl (C=O) groups excluding carboxylic acids is 1. The fraction of sp³-hybridized carbons (Fsp3) is 0.273. The van der Waals surface area contributed by atoms with E-state index in [-0.39, 0.29) is 12.3 Å². The Bertz CT molecular complexity index is 877. The number of nitrogens with one attached hydrogen (secondary N) is 1. The molecule has 1 N–H and O–H groups in total. The van der Waals surface area contributed by atoms with E-state index in [2.05, 4.69) is 36.3 Å². The minimum Gasteiger partial charge on any atom is -0.493 e. The standard InChI is InChI=1S/C22H24N2O3S/c1-16(2)17-7-9-19(10-8-17)26-12-11-22(25)24-20-5-3-4-6-21(20)27-13-18-14-28-15-23-18/h3-10,14-16H,11-13H2,1-2H3,(H,24,25). The van der Waals surface area contributed by atoms with Crippen LogP contribution < -0.4 is 14.8 Å². The van der Waals surface area contributed by atoms with Gasteiger partial charge in [-0.3, -0.25) is 4.79 Å². The number of hydrogen-bond acceptors (Lipinski definition) is 5. The van der Waals surface area contributed by atoms with Crippen molar-refractivity contribution in [1.82, 2.24) is 4.98 Å². The van der Waals surface area contributed by atoms with Crippen LogP contribution in [0, 0.1) is 0 Å². The number of amides is 1. The fourth-order valence-electron chi connectivity index (χ4n) is 2.58. The largest absolute Gasteiger partial charge is 0.493 e. The van der Waals surface area contributed by atoms with E-state index < -0.39 is 0 Å². The van der Waals surface area contributed by atoms with Crippen molar-refractivity contribution in [3.05, 3.63) is 70.7 Å². The molecule has 0 fully saturated rings. The monoisotopic (exact) mass is 396 g/mol. The Hall–Kier alpha value is -2.86. The van der Waals surface area contributed by atoms with Gasteiger partial charge in [-0.1, -0.05) is 38.1 Å². The van der Waals surface area contributed by atoms with Crippen LogP contribution >= 0.6 is 11.3 Å². The van der Waals surface area contributed by atoms with Crippen molar-refractivity contribution in [2.45, 2.75) is 32.8 Å². The van der Waals surface area contributed by atoms with Crippen molar-refractivity contribution in [1.29, 1.82) is 0 Å². The van der Waals surface area contributed by atoms with Crippen LogP contribution in [0.5, 0.6) is 11.5 Å². The molecule has 1 aromatic heterocycles. The molecule has 28 heavy (non-hydrogen) atoms. The Balaban J connectivity index is 1.48. The van der Waals surface area contributed by atoms with Crippen LogP contribution in [0.15, 0.2) is 59.4 Å². The number of para-hydroxylation sites is 2. The van der Waals surface area contributed by atoms with E-state index in [0.717, 1.165) is 11.4 Å². The van der Waals surface area contributed by atoms with E-state index in [1.807, 2.05) is 41.8 Å². The molecular weight excluding hydrogens is 372 g/mol. The molecule has 0 aliphatic heterocycles. The average Bonchev–Trinajstić information content (AvgIpc) is 3.21. The summed E-state index contributed by atoms with van der Waals surface area (Å²) in [4.78, 5) is 16.5. The van der Waals surface area contributed by atoms with E-state index in [9.17, 15) is 4.79 Å². The van der Waals surface area contributed by atoms with E-state index in [0.29, 0.717) is 30.6 Å². The van der Waals surface area contributed by atoms with Gasteiger partial charge >= 0.3 is 0 Å². The molecule has 1 amide bonds. The number of anilines is 1. The highest BCUT2D eigenvalue weighted by Gasteiger charge is 2.09. The maximum atomic E-state index is 12.3. The number of thiazole rings is 1. The van der Waals surface area contributed by atoms with E-state index in [1.54, 1.807) is 5.51 Å². The van der Waals surface area contributed by atoms with E-state index in [4.69, 9.17) is 9.47 Å². The third-order valence-electron chi connectivity index (χ3n) is 4.16. The Morgan fingerprint density at radius 2 is 1.89 bits per heavy atom.